The van der Waals surface area contributed by atoms with Gasteiger partial charge >= 0.3 is 0 Å². The third-order valence-corrected chi connectivity index (χ3v) is 5.93. The summed E-state index contributed by atoms with van der Waals surface area (Å²) in [5.74, 6) is -0.527. The van der Waals surface area contributed by atoms with Crippen LogP contribution >= 0.6 is 15.9 Å². The summed E-state index contributed by atoms with van der Waals surface area (Å²) < 4.78 is 26.0. The molecule has 6 nitrogen and oxygen atoms in total. The molecular formula is C21H26BrN3O3S. The van der Waals surface area contributed by atoms with Gasteiger partial charge in [0.05, 0.1) is 17.7 Å². The molecule has 2 rings (SSSR count). The fourth-order valence-electron chi connectivity index (χ4n) is 2.62. The Morgan fingerprint density at radius 1 is 1.14 bits per heavy atom. The van der Waals surface area contributed by atoms with E-state index in [2.05, 4.69) is 47.2 Å². The molecule has 0 aliphatic heterocycles. The molecule has 0 aliphatic rings. The fourth-order valence-corrected chi connectivity index (χ4v) is 3.85. The average Bonchev–Trinajstić information content (AvgIpc) is 2.62. The van der Waals surface area contributed by atoms with E-state index in [1.165, 1.54) is 5.56 Å². The van der Waals surface area contributed by atoms with Crippen LogP contribution in [0.3, 0.4) is 0 Å². The van der Waals surface area contributed by atoms with Gasteiger partial charge in [0.2, 0.25) is 10.0 Å². The van der Waals surface area contributed by atoms with Crippen molar-refractivity contribution < 1.29 is 13.2 Å². The zero-order valence-corrected chi connectivity index (χ0v) is 19.6. The second-order valence-corrected chi connectivity index (χ2v) is 10.6. The maximum Gasteiger partial charge on any atom is 0.260 e. The fraction of sp³-hybridized carbons (Fsp3) is 0.333. The summed E-state index contributed by atoms with van der Waals surface area (Å²) >= 11 is 3.31. The van der Waals surface area contributed by atoms with Crippen LogP contribution < -0.4 is 9.73 Å². The standard InChI is InChI=1S/C21H26BrN3O3S/c1-15(16-9-11-17(12-10-16)21(2,3)4)23-24-20(26)14-25(29(5,27)28)19-8-6-7-18(22)13-19/h6-13H,14H2,1-5H3,(H,24,26)/b23-15+. The van der Waals surface area contributed by atoms with Crippen molar-refractivity contribution in [3.8, 4) is 0 Å². The molecule has 1 amide bonds. The molecule has 0 bridgehead atoms. The molecule has 0 heterocycles. The lowest BCUT2D eigenvalue weighted by Gasteiger charge is -2.21. The number of hydrazone groups is 1. The number of hydrogen-bond donors (Lipinski definition) is 1. The van der Waals surface area contributed by atoms with Crippen LogP contribution in [0.4, 0.5) is 5.69 Å². The Morgan fingerprint density at radius 3 is 2.28 bits per heavy atom. The van der Waals surface area contributed by atoms with E-state index in [0.717, 1.165) is 20.6 Å². The van der Waals surface area contributed by atoms with Gasteiger partial charge in [0.25, 0.3) is 5.91 Å². The van der Waals surface area contributed by atoms with Crippen LogP contribution in [0.1, 0.15) is 38.8 Å². The SMILES string of the molecule is C/C(=N\NC(=O)CN(c1cccc(Br)c1)S(C)(=O)=O)c1ccc(C(C)(C)C)cc1. The maximum absolute atomic E-state index is 12.3. The normalized spacial score (nSPS) is 12.6. The Balaban J connectivity index is 2.12. The van der Waals surface area contributed by atoms with E-state index < -0.39 is 15.9 Å². The second kappa shape index (κ2) is 9.09. The topological polar surface area (TPSA) is 78.8 Å². The molecule has 2 aromatic carbocycles. The minimum atomic E-state index is -3.64. The number of nitrogens with one attached hydrogen (secondary N) is 1. The van der Waals surface area contributed by atoms with Crippen LogP contribution in [0, 0.1) is 0 Å². The zero-order valence-electron chi connectivity index (χ0n) is 17.2. The van der Waals surface area contributed by atoms with Crippen LogP contribution in [0.25, 0.3) is 0 Å². The first-order valence-corrected chi connectivity index (χ1v) is 11.7. The summed E-state index contributed by atoms with van der Waals surface area (Å²) in [5.41, 5.74) is 5.61. The van der Waals surface area contributed by atoms with E-state index in [1.807, 2.05) is 24.3 Å². The van der Waals surface area contributed by atoms with Crippen molar-refractivity contribution in [1.29, 1.82) is 0 Å². The van der Waals surface area contributed by atoms with Crippen LogP contribution in [-0.4, -0.2) is 32.8 Å². The van der Waals surface area contributed by atoms with Crippen molar-refractivity contribution in [3.63, 3.8) is 0 Å². The number of carbonyl (C=O) groups excluding carboxylic acids is 1. The Labute approximate surface area is 181 Å². The zero-order chi connectivity index (χ0) is 21.8. The average molecular weight is 480 g/mol. The van der Waals surface area contributed by atoms with Crippen molar-refractivity contribution in [3.05, 3.63) is 64.1 Å². The third-order valence-electron chi connectivity index (χ3n) is 4.30. The lowest BCUT2D eigenvalue weighted by molar-refractivity contribution is -0.119. The van der Waals surface area contributed by atoms with Gasteiger partial charge in [-0.3, -0.25) is 9.10 Å². The van der Waals surface area contributed by atoms with Crippen LogP contribution in [-0.2, 0) is 20.2 Å². The van der Waals surface area contributed by atoms with Crippen molar-refractivity contribution in [2.75, 3.05) is 17.1 Å². The summed E-state index contributed by atoms with van der Waals surface area (Å²) in [6, 6.07) is 14.7. The molecule has 0 aliphatic carbocycles. The minimum Gasteiger partial charge on any atom is -0.271 e. The number of rotatable bonds is 6. The molecule has 0 saturated heterocycles. The Kier molecular flexibility index (Phi) is 7.24. The number of anilines is 1. The first kappa shape index (κ1) is 23.1. The molecule has 29 heavy (non-hydrogen) atoms. The Hall–Kier alpha value is -2.19. The van der Waals surface area contributed by atoms with Crippen LogP contribution in [0.15, 0.2) is 58.1 Å². The van der Waals surface area contributed by atoms with E-state index >= 15 is 0 Å². The number of amides is 1. The third kappa shape index (κ3) is 6.68. The lowest BCUT2D eigenvalue weighted by atomic mass is 9.86. The molecular weight excluding hydrogens is 454 g/mol. The molecule has 0 fully saturated rings. The first-order valence-electron chi connectivity index (χ1n) is 9.05. The molecule has 0 unspecified atom stereocenters. The van der Waals surface area contributed by atoms with Crippen LogP contribution in [0.5, 0.6) is 0 Å². The molecule has 0 aromatic heterocycles. The molecule has 1 N–H and O–H groups in total. The van der Waals surface area contributed by atoms with Gasteiger partial charge in [-0.05, 0) is 41.7 Å². The molecule has 8 heteroatoms. The minimum absolute atomic E-state index is 0.0549. The van der Waals surface area contributed by atoms with E-state index in [9.17, 15) is 13.2 Å². The number of benzene rings is 2. The van der Waals surface area contributed by atoms with Gasteiger partial charge in [-0.25, -0.2) is 13.8 Å². The molecule has 0 radical (unpaired) electrons. The van der Waals surface area contributed by atoms with Crippen LogP contribution in [0.2, 0.25) is 0 Å². The van der Waals surface area contributed by atoms with Gasteiger partial charge in [0.15, 0.2) is 0 Å². The van der Waals surface area contributed by atoms with Gasteiger partial charge < -0.3 is 0 Å². The monoisotopic (exact) mass is 479 g/mol. The highest BCUT2D eigenvalue weighted by atomic mass is 79.9. The molecule has 0 spiro atoms. The lowest BCUT2D eigenvalue weighted by Crippen LogP contribution is -2.39. The highest BCUT2D eigenvalue weighted by Gasteiger charge is 2.21. The smallest absolute Gasteiger partial charge is 0.260 e. The van der Waals surface area contributed by atoms with E-state index in [1.54, 1.807) is 31.2 Å². The molecule has 0 saturated carbocycles. The highest BCUT2D eigenvalue weighted by Crippen LogP contribution is 2.23. The van der Waals surface area contributed by atoms with Crippen molar-refractivity contribution in [2.24, 2.45) is 5.10 Å². The molecule has 2 aromatic rings. The van der Waals surface area contributed by atoms with E-state index in [-0.39, 0.29) is 12.0 Å². The number of nitrogens with zero attached hydrogens (tertiary/aromatic N) is 2. The van der Waals surface area contributed by atoms with Gasteiger partial charge in [0, 0.05) is 4.47 Å². The summed E-state index contributed by atoms with van der Waals surface area (Å²) in [6.07, 6.45) is 1.06. The van der Waals surface area contributed by atoms with Gasteiger partial charge in [-0.1, -0.05) is 67.0 Å². The van der Waals surface area contributed by atoms with Crippen molar-refractivity contribution in [1.82, 2.24) is 5.43 Å². The second-order valence-electron chi connectivity index (χ2n) is 7.81. The summed E-state index contributed by atoms with van der Waals surface area (Å²) in [4.78, 5) is 12.3. The number of carbonyl (C=O) groups is 1. The highest BCUT2D eigenvalue weighted by molar-refractivity contribution is 9.10. The molecule has 156 valence electrons. The predicted octanol–water partition coefficient (Wildman–Crippen LogP) is 4.05. The number of halogens is 1. The Bertz CT molecular complexity index is 1010. The van der Waals surface area contributed by atoms with Crippen molar-refractivity contribution in [2.45, 2.75) is 33.1 Å². The van der Waals surface area contributed by atoms with E-state index in [4.69, 9.17) is 0 Å². The molecule has 0 atom stereocenters. The van der Waals surface area contributed by atoms with Crippen molar-refractivity contribution >= 4 is 43.3 Å². The summed E-state index contributed by atoms with van der Waals surface area (Å²) in [5, 5.41) is 4.12. The summed E-state index contributed by atoms with van der Waals surface area (Å²) in [6.45, 7) is 7.84. The van der Waals surface area contributed by atoms with Gasteiger partial charge in [-0.15, -0.1) is 0 Å². The van der Waals surface area contributed by atoms with Gasteiger partial charge in [0.1, 0.15) is 6.54 Å². The number of hydrogen-bond acceptors (Lipinski definition) is 4. The van der Waals surface area contributed by atoms with E-state index in [0.29, 0.717) is 11.4 Å². The summed E-state index contributed by atoms with van der Waals surface area (Å²) in [7, 11) is -3.64. The number of sulfonamides is 1. The quantitative estimate of drug-likeness (QED) is 0.501. The Morgan fingerprint density at radius 2 is 1.76 bits per heavy atom. The predicted molar refractivity (Wildman–Crippen MR) is 122 cm³/mol. The first-order chi connectivity index (χ1) is 13.4. The maximum atomic E-state index is 12.3. The van der Waals surface area contributed by atoms with Gasteiger partial charge in [-0.2, -0.15) is 5.10 Å². The largest absolute Gasteiger partial charge is 0.271 e.